The van der Waals surface area contributed by atoms with Crippen LogP contribution in [0.5, 0.6) is 0 Å². The van der Waals surface area contributed by atoms with E-state index in [2.05, 4.69) is 27.2 Å². The number of urea groups is 1. The van der Waals surface area contributed by atoms with Crippen molar-refractivity contribution in [1.29, 1.82) is 0 Å². The molecule has 2 unspecified atom stereocenters. The van der Waals surface area contributed by atoms with E-state index >= 15 is 0 Å². The summed E-state index contributed by atoms with van der Waals surface area (Å²) in [5.74, 6) is 0. The van der Waals surface area contributed by atoms with Gasteiger partial charge in [0.25, 0.3) is 0 Å². The Bertz CT molecular complexity index is 499. The van der Waals surface area contributed by atoms with Crippen LogP contribution < -0.4 is 5.32 Å². The van der Waals surface area contributed by atoms with Gasteiger partial charge >= 0.3 is 6.03 Å². The van der Waals surface area contributed by atoms with E-state index in [9.17, 15) is 4.79 Å². The fourth-order valence-corrected chi connectivity index (χ4v) is 3.76. The Balaban J connectivity index is 1.47. The summed E-state index contributed by atoms with van der Waals surface area (Å²) < 4.78 is 1.80. The minimum atomic E-state index is 0.0900. The number of hydrogen-bond acceptors (Lipinski definition) is 4. The smallest absolute Gasteiger partial charge is 0.317 e. The first-order valence-corrected chi connectivity index (χ1v) is 9.34. The molecule has 1 N–H and O–H groups in total. The summed E-state index contributed by atoms with van der Waals surface area (Å²) in [5, 5.41) is 7.26. The highest BCUT2D eigenvalue weighted by Gasteiger charge is 2.28. The van der Waals surface area contributed by atoms with E-state index in [-0.39, 0.29) is 12.1 Å². The first kappa shape index (κ1) is 17.2. The molecule has 3 heterocycles. The predicted molar refractivity (Wildman–Crippen MR) is 92.7 cm³/mol. The number of nitrogens with one attached hydrogen (secondary N) is 1. The van der Waals surface area contributed by atoms with Crippen molar-refractivity contribution in [2.75, 3.05) is 26.2 Å². The Kier molecular flexibility index (Phi) is 6.07. The van der Waals surface area contributed by atoms with E-state index in [0.29, 0.717) is 6.04 Å². The molecule has 0 saturated carbocycles. The molecule has 2 fully saturated rings. The van der Waals surface area contributed by atoms with E-state index in [1.165, 1.54) is 38.8 Å². The number of likely N-dealkylation sites (tertiary alicyclic amines) is 2. The standard InChI is InChI=1S/C17H30N6O/c1-15(7-11-23-14-18-13-19-23)20-17(24)22-10-3-2-6-16(12-22)21-8-4-5-9-21/h13-16H,2-12H2,1H3,(H,20,24). The summed E-state index contributed by atoms with van der Waals surface area (Å²) in [5.41, 5.74) is 0. The first-order chi connectivity index (χ1) is 11.7. The fourth-order valence-electron chi connectivity index (χ4n) is 3.76. The van der Waals surface area contributed by atoms with Crippen molar-refractivity contribution in [3.63, 3.8) is 0 Å². The van der Waals surface area contributed by atoms with E-state index in [0.717, 1.165) is 32.5 Å². The summed E-state index contributed by atoms with van der Waals surface area (Å²) in [6.45, 7) is 7.00. The molecule has 0 radical (unpaired) electrons. The lowest BCUT2D eigenvalue weighted by molar-refractivity contribution is 0.163. The molecule has 0 aromatic carbocycles. The molecule has 1 aromatic heterocycles. The van der Waals surface area contributed by atoms with Gasteiger partial charge in [-0.2, -0.15) is 5.10 Å². The van der Waals surface area contributed by atoms with Crippen molar-refractivity contribution in [3.8, 4) is 0 Å². The molecule has 2 aliphatic rings. The highest BCUT2D eigenvalue weighted by molar-refractivity contribution is 5.74. The summed E-state index contributed by atoms with van der Waals surface area (Å²) in [6, 6.07) is 0.772. The average molecular weight is 334 g/mol. The Morgan fingerprint density at radius 3 is 2.79 bits per heavy atom. The molecular formula is C17H30N6O. The average Bonchev–Trinajstić information content (AvgIpc) is 3.23. The normalized spacial score (nSPS) is 23.9. The largest absolute Gasteiger partial charge is 0.335 e. The lowest BCUT2D eigenvalue weighted by Gasteiger charge is -2.31. The number of rotatable bonds is 5. The van der Waals surface area contributed by atoms with Crippen LogP contribution in [0, 0.1) is 0 Å². The molecule has 2 atom stereocenters. The van der Waals surface area contributed by atoms with Gasteiger partial charge in [0.1, 0.15) is 12.7 Å². The molecule has 0 spiro atoms. The molecule has 2 aliphatic heterocycles. The lowest BCUT2D eigenvalue weighted by atomic mass is 10.1. The van der Waals surface area contributed by atoms with Crippen LogP contribution in [0.4, 0.5) is 4.79 Å². The molecule has 0 aliphatic carbocycles. The Morgan fingerprint density at radius 1 is 1.25 bits per heavy atom. The van der Waals surface area contributed by atoms with Crippen LogP contribution in [-0.4, -0.2) is 68.9 Å². The monoisotopic (exact) mass is 334 g/mol. The molecule has 134 valence electrons. The van der Waals surface area contributed by atoms with E-state index in [1.807, 2.05) is 4.90 Å². The van der Waals surface area contributed by atoms with E-state index in [4.69, 9.17) is 0 Å². The number of hydrogen-bond donors (Lipinski definition) is 1. The van der Waals surface area contributed by atoms with Gasteiger partial charge in [0.2, 0.25) is 0 Å². The van der Waals surface area contributed by atoms with Crippen molar-refractivity contribution in [2.45, 2.75) is 64.1 Å². The second-order valence-corrected chi connectivity index (χ2v) is 7.14. The van der Waals surface area contributed by atoms with Crippen LogP contribution in [0.25, 0.3) is 0 Å². The van der Waals surface area contributed by atoms with Crippen molar-refractivity contribution >= 4 is 6.03 Å². The van der Waals surface area contributed by atoms with Crippen LogP contribution in [0.15, 0.2) is 12.7 Å². The van der Waals surface area contributed by atoms with Crippen molar-refractivity contribution in [1.82, 2.24) is 29.9 Å². The summed E-state index contributed by atoms with van der Waals surface area (Å²) in [6.07, 6.45) is 10.3. The number of aryl methyl sites for hydroxylation is 1. The summed E-state index contributed by atoms with van der Waals surface area (Å²) in [7, 11) is 0. The number of carbonyl (C=O) groups excluding carboxylic acids is 1. The Morgan fingerprint density at radius 2 is 2.04 bits per heavy atom. The Hall–Kier alpha value is -1.63. The summed E-state index contributed by atoms with van der Waals surface area (Å²) in [4.78, 5) is 21.2. The van der Waals surface area contributed by atoms with Crippen LogP contribution in [0.2, 0.25) is 0 Å². The third-order valence-corrected chi connectivity index (χ3v) is 5.22. The molecule has 2 saturated heterocycles. The minimum Gasteiger partial charge on any atom is -0.335 e. The molecular weight excluding hydrogens is 304 g/mol. The predicted octanol–water partition coefficient (Wildman–Crippen LogP) is 1.72. The number of amides is 2. The first-order valence-electron chi connectivity index (χ1n) is 9.34. The molecule has 0 bridgehead atoms. The van der Waals surface area contributed by atoms with Crippen molar-refractivity contribution in [3.05, 3.63) is 12.7 Å². The zero-order chi connectivity index (χ0) is 16.8. The van der Waals surface area contributed by atoms with Crippen LogP contribution in [-0.2, 0) is 6.54 Å². The maximum atomic E-state index is 12.6. The van der Waals surface area contributed by atoms with Gasteiger partial charge < -0.3 is 10.2 Å². The number of nitrogens with zero attached hydrogens (tertiary/aromatic N) is 5. The zero-order valence-corrected chi connectivity index (χ0v) is 14.7. The van der Waals surface area contributed by atoms with Crippen molar-refractivity contribution < 1.29 is 4.79 Å². The highest BCUT2D eigenvalue weighted by Crippen LogP contribution is 2.20. The topological polar surface area (TPSA) is 66.3 Å². The molecule has 1 aromatic rings. The minimum absolute atomic E-state index is 0.0900. The second kappa shape index (κ2) is 8.46. The maximum absolute atomic E-state index is 12.6. The van der Waals surface area contributed by atoms with Crippen LogP contribution >= 0.6 is 0 Å². The van der Waals surface area contributed by atoms with E-state index < -0.39 is 0 Å². The van der Waals surface area contributed by atoms with Gasteiger partial charge in [-0.3, -0.25) is 9.58 Å². The SMILES string of the molecule is CC(CCn1cncn1)NC(=O)N1CCCCC(N2CCCC2)C1. The molecule has 7 heteroatoms. The molecule has 2 amide bonds. The summed E-state index contributed by atoms with van der Waals surface area (Å²) >= 11 is 0. The van der Waals surface area contributed by atoms with Gasteiger partial charge in [0.05, 0.1) is 0 Å². The molecule has 24 heavy (non-hydrogen) atoms. The third kappa shape index (κ3) is 4.69. The quantitative estimate of drug-likeness (QED) is 0.890. The second-order valence-electron chi connectivity index (χ2n) is 7.14. The van der Waals surface area contributed by atoms with Gasteiger partial charge in [-0.1, -0.05) is 6.42 Å². The zero-order valence-electron chi connectivity index (χ0n) is 14.7. The number of carbonyl (C=O) groups is 1. The third-order valence-electron chi connectivity index (χ3n) is 5.22. The highest BCUT2D eigenvalue weighted by atomic mass is 16.2. The van der Waals surface area contributed by atoms with Crippen LogP contribution in [0.3, 0.4) is 0 Å². The van der Waals surface area contributed by atoms with Gasteiger partial charge in [-0.15, -0.1) is 0 Å². The van der Waals surface area contributed by atoms with Gasteiger partial charge in [0, 0.05) is 31.7 Å². The van der Waals surface area contributed by atoms with E-state index in [1.54, 1.807) is 17.3 Å². The molecule has 7 nitrogen and oxygen atoms in total. The van der Waals surface area contributed by atoms with Crippen LogP contribution in [0.1, 0.15) is 45.4 Å². The fraction of sp³-hybridized carbons (Fsp3) is 0.824. The lowest BCUT2D eigenvalue weighted by Crippen LogP contribution is -2.49. The van der Waals surface area contributed by atoms with Gasteiger partial charge in [-0.05, 0) is 52.1 Å². The maximum Gasteiger partial charge on any atom is 0.317 e. The molecule has 3 rings (SSSR count). The number of aromatic nitrogens is 3. The van der Waals surface area contributed by atoms with Gasteiger partial charge in [0.15, 0.2) is 0 Å². The Labute approximate surface area is 144 Å². The van der Waals surface area contributed by atoms with Gasteiger partial charge in [-0.25, -0.2) is 9.78 Å². The van der Waals surface area contributed by atoms with Crippen molar-refractivity contribution in [2.24, 2.45) is 0 Å².